The number of benzene rings is 4. The average molecular weight is 2010 g/mol. The van der Waals surface area contributed by atoms with Gasteiger partial charge in [0, 0.05) is 39.7 Å². The molecular weight excluding hydrogens is 1820 g/mol. The Bertz CT molecular complexity index is 3590. The number of nitrogens with zero attached hydrogens (tertiary/aromatic N) is 4. The minimum Gasteiger partial charge on any atom is -0.779 e. The third-order valence-electron chi connectivity index (χ3n) is 21.6. The van der Waals surface area contributed by atoms with Gasteiger partial charge in [0.25, 0.3) is 0 Å². The van der Waals surface area contributed by atoms with E-state index in [1.807, 2.05) is 7.05 Å². The van der Waals surface area contributed by atoms with Gasteiger partial charge in [-0.25, -0.2) is 42.8 Å². The van der Waals surface area contributed by atoms with Gasteiger partial charge in [0.1, 0.15) is 48.5 Å². The quantitative estimate of drug-likeness (QED) is 0.00872. The van der Waals surface area contributed by atoms with Gasteiger partial charge in [-0.2, -0.15) is 13.2 Å². The lowest BCUT2D eigenvalue weighted by Crippen LogP contribution is -2.50. The Hall–Kier alpha value is -3.61. The number of carboxylic acids is 1. The zero-order valence-corrected chi connectivity index (χ0v) is 92.1. The fourth-order valence-electron chi connectivity index (χ4n) is 14.6. The molecule has 0 spiro atoms. The average Bonchev–Trinajstić information content (AvgIpc) is 0.974. The van der Waals surface area contributed by atoms with Crippen molar-refractivity contribution in [2.45, 2.75) is 354 Å². The largest absolute Gasteiger partial charge is 0.779 e. The van der Waals surface area contributed by atoms with E-state index in [0.717, 1.165) is 33.0 Å². The number of carbonyl (C=O) groups is 1. The Morgan fingerprint density at radius 1 is 0.435 bits per heavy atom. The van der Waals surface area contributed by atoms with Crippen molar-refractivity contribution in [3.8, 4) is 0 Å². The van der Waals surface area contributed by atoms with E-state index < -0.39 is 81.4 Å². The van der Waals surface area contributed by atoms with Crippen molar-refractivity contribution < 1.29 is 93.1 Å². The first-order chi connectivity index (χ1) is 61.8. The van der Waals surface area contributed by atoms with Crippen molar-refractivity contribution in [2.75, 3.05) is 108 Å². The molecule has 0 saturated heterocycles. The summed E-state index contributed by atoms with van der Waals surface area (Å²) in [4.78, 5) is 18.9. The molecule has 0 amide bonds. The second-order valence-electron chi connectivity index (χ2n) is 34.2. The molecule has 1 heterocycles. The Morgan fingerprint density at radius 2 is 0.679 bits per heavy atom. The number of carboxylic acid groups (broad SMARTS) is 1. The van der Waals surface area contributed by atoms with Gasteiger partial charge in [-0.1, -0.05) is 311 Å². The lowest BCUT2D eigenvalue weighted by Gasteiger charge is -2.39. The number of aliphatic carboxylic acids is 1. The number of aromatic nitrogens is 2. The van der Waals surface area contributed by atoms with Gasteiger partial charge in [-0.3, -0.25) is 4.18 Å². The highest BCUT2D eigenvalue weighted by molar-refractivity contribution is 8.12. The van der Waals surface area contributed by atoms with E-state index in [-0.39, 0.29) is 19.5 Å². The minimum atomic E-state index is -5.92. The van der Waals surface area contributed by atoms with Crippen LogP contribution in [0.3, 0.4) is 0 Å². The van der Waals surface area contributed by atoms with Crippen LogP contribution in [0.15, 0.2) is 140 Å². The highest BCUT2D eigenvalue weighted by atomic mass is 32.3. The second kappa shape index (κ2) is 83.4. The molecule has 1 aromatic heterocycles. The van der Waals surface area contributed by atoms with E-state index in [1.54, 1.807) is 60.3 Å². The maximum absolute atomic E-state index is 11.4. The van der Waals surface area contributed by atoms with E-state index in [2.05, 4.69) is 255 Å². The standard InChI is InChI=1S/C24H20P.C16H36N.2C16H36P.C12H26O4S.C8H15N2.C3H9O3P.C2H3F3NO4S2.C2H4O2.CH4O3S/c1-5-13-21(14-6-1)25(22-15-7-2-8-16-22,23-17-9-3-10-18-23)24-19-11-4-12-20-24;3*1-5-9-13-17(14-10-6-2,15-11-7-3)16-12-8-4;1-2-3-4-5-6-7-8-9-10-11-12-16-17(13,14)15;1-3-4-5-10-7-6-9(2)8-10;1-3-6-7(2,4)5;1-11(7,8)6-12(9,10)2(3,4)5;1-2(3)4;1-5(2,3)4/h1-20H;3*5-16H2,1-4H3;2-12H2,1H3,(H,13,14,15);6-8H,3-5H2,1-2H3;3H2,1-2H3,(H,4,5);1H3;1H3,(H,3,4);1H3,(H,2,3,4)/q4*+1;;+1;;-1;;/p-4. The van der Waals surface area contributed by atoms with Gasteiger partial charge in [0.2, 0.25) is 16.7 Å². The van der Waals surface area contributed by atoms with Crippen LogP contribution in [-0.2, 0) is 72.2 Å². The van der Waals surface area contributed by atoms with E-state index in [9.17, 15) is 52.4 Å². The summed E-state index contributed by atoms with van der Waals surface area (Å²) in [5.74, 6) is -1.08. The highest BCUT2D eigenvalue weighted by Crippen LogP contribution is 2.62. The normalized spacial score (nSPS) is 12.1. The number of hydrogen-bond donors (Lipinski definition) is 0. The Balaban J connectivity index is -0.000000464. The fourth-order valence-corrected chi connectivity index (χ4v) is 32.0. The number of rotatable bonds is 59. The van der Waals surface area contributed by atoms with Crippen molar-refractivity contribution in [1.29, 1.82) is 0 Å². The zero-order chi connectivity index (χ0) is 100. The van der Waals surface area contributed by atoms with Crippen LogP contribution in [0.25, 0.3) is 4.13 Å². The second-order valence-corrected chi connectivity index (χ2v) is 54.2. The molecule has 766 valence electrons. The van der Waals surface area contributed by atoms with Gasteiger partial charge >= 0.3 is 5.51 Å². The van der Waals surface area contributed by atoms with Crippen molar-refractivity contribution in [3.63, 3.8) is 0 Å². The molecule has 0 bridgehead atoms. The van der Waals surface area contributed by atoms with Crippen LogP contribution in [-0.4, -0.2) is 171 Å². The molecule has 0 fully saturated rings. The lowest BCUT2D eigenvalue weighted by molar-refractivity contribution is -0.929. The van der Waals surface area contributed by atoms with Crippen LogP contribution < -0.4 is 35.8 Å². The molecule has 4 aromatic carbocycles. The van der Waals surface area contributed by atoms with Crippen molar-refractivity contribution in [2.24, 2.45) is 7.05 Å². The summed E-state index contributed by atoms with van der Waals surface area (Å²) in [5.41, 5.74) is -5.67. The first-order valence-corrected chi connectivity index (χ1v) is 64.6. The van der Waals surface area contributed by atoms with Gasteiger partial charge in [0.15, 0.2) is 10.0 Å². The van der Waals surface area contributed by atoms with E-state index in [0.29, 0.717) is 12.7 Å². The molecule has 20 nitrogen and oxygen atoms in total. The SMILES string of the molecule is CC(=O)[O-].CCCCCCCCCCCCOS(=O)(=O)[O-].CCCC[N+](CCCC)(CCCC)CCCC.CCCC[P+](CCCC)(CCCC)CCCC.CCCC[P+](CCCC)(CCCC)CCCC.CCCCn1cc[n+](C)c1.CCOP(C)(=O)[O-].CS(=O)(=O)[N-]S(=O)(=O)C(F)(F)F.CS(=O)(=O)[O-].c1ccc([P+](c2ccccc2)(c2ccccc2)c2ccccc2)cc1. The molecule has 0 aliphatic rings. The van der Waals surface area contributed by atoms with Crippen molar-refractivity contribution >= 4 is 97.1 Å². The summed E-state index contributed by atoms with van der Waals surface area (Å²) in [6.45, 7) is 43.4. The maximum atomic E-state index is 11.4. The molecule has 0 aliphatic carbocycles. The molecule has 0 radical (unpaired) electrons. The van der Waals surface area contributed by atoms with Crippen LogP contribution in [0.5, 0.6) is 0 Å². The molecule has 5 rings (SSSR count). The first kappa shape index (κ1) is 136. The molecule has 131 heavy (non-hydrogen) atoms. The minimum absolute atomic E-state index is 0.0301. The van der Waals surface area contributed by atoms with Crippen molar-refractivity contribution in [1.82, 2.24) is 4.57 Å². The Morgan fingerprint density at radius 3 is 0.863 bits per heavy atom. The smallest absolute Gasteiger partial charge is 0.480 e. The van der Waals surface area contributed by atoms with Gasteiger partial charge < -0.3 is 41.6 Å². The summed E-state index contributed by atoms with van der Waals surface area (Å²) in [7, 11) is -23.3. The summed E-state index contributed by atoms with van der Waals surface area (Å²) in [6.07, 6.45) is 68.3. The number of unbranched alkanes of at least 4 members (excludes halogenated alkanes) is 22. The monoisotopic (exact) mass is 2010 g/mol. The predicted octanol–water partition coefficient (Wildman–Crippen LogP) is 24.5. The number of quaternary nitrogens is 1. The molecule has 1 unspecified atom stereocenters. The topological polar surface area (TPSA) is 304 Å². The van der Waals surface area contributed by atoms with Crippen LogP contribution in [0.4, 0.5) is 13.2 Å². The van der Waals surface area contributed by atoms with E-state index in [4.69, 9.17) is 22.9 Å². The van der Waals surface area contributed by atoms with Crippen LogP contribution in [0.1, 0.15) is 342 Å². The van der Waals surface area contributed by atoms with Crippen LogP contribution >= 0.6 is 29.4 Å². The number of hydrogen-bond acceptors (Lipinski definition) is 16. The number of aryl methyl sites for hydroxylation is 2. The highest BCUT2D eigenvalue weighted by Gasteiger charge is 2.48. The maximum Gasteiger partial charge on any atom is 0.480 e. The molecule has 0 saturated carbocycles. The van der Waals surface area contributed by atoms with E-state index >= 15 is 0 Å². The molecule has 0 aliphatic heterocycles. The third kappa shape index (κ3) is 78.0. The van der Waals surface area contributed by atoms with Gasteiger partial charge in [-0.15, -0.1) is 0 Å². The molecule has 5 aromatic rings. The number of imidazole rings is 1. The molecule has 0 N–H and O–H groups in total. The van der Waals surface area contributed by atoms with Crippen LogP contribution in [0, 0.1) is 0 Å². The number of carbonyl (C=O) groups excluding carboxylic acids is 1. The number of halogens is 3. The molecular formula is C100H185F3N4O16P4S4. The number of sulfonamides is 2. The van der Waals surface area contributed by atoms with Gasteiger partial charge in [0.05, 0.1) is 122 Å². The Labute approximate surface area is 802 Å². The summed E-state index contributed by atoms with van der Waals surface area (Å²) in [5, 5.41) is 14.4. The summed E-state index contributed by atoms with van der Waals surface area (Å²) in [6, 6.07) is 43.8. The summed E-state index contributed by atoms with van der Waals surface area (Å²) < 4.78 is 158. The Kier molecular flexibility index (Phi) is 86.5. The predicted molar refractivity (Wildman–Crippen MR) is 555 cm³/mol. The lowest BCUT2D eigenvalue weighted by atomic mass is 10.1. The fraction of sp³-hybridized carbons (Fsp3) is 0.720. The first-order valence-electron chi connectivity index (χ1n) is 49.3. The van der Waals surface area contributed by atoms with E-state index in [1.165, 1.54) is 264 Å². The zero-order valence-electron chi connectivity index (χ0n) is 85.2. The molecule has 31 heteroatoms. The van der Waals surface area contributed by atoms with Crippen LogP contribution in [0.2, 0.25) is 0 Å². The number of alkyl halides is 3. The summed E-state index contributed by atoms with van der Waals surface area (Å²) >= 11 is 0. The van der Waals surface area contributed by atoms with Gasteiger partial charge in [-0.05, 0) is 152 Å². The third-order valence-corrected chi connectivity index (χ3v) is 39.7. The molecule has 1 atom stereocenters. The van der Waals surface area contributed by atoms with Crippen molar-refractivity contribution in [3.05, 3.63) is 144 Å².